The maximum Gasteiger partial charge on any atom is 0.0619 e. The number of ether oxygens (including phenoxy) is 1. The molecule has 27 heavy (non-hydrogen) atoms. The molecule has 0 fully saturated rings. The molecule has 0 saturated carbocycles. The van der Waals surface area contributed by atoms with Crippen molar-refractivity contribution in [2.45, 2.75) is 92.3 Å². The van der Waals surface area contributed by atoms with Crippen LogP contribution in [0, 0.1) is 27.7 Å². The molecular weight excluding hydrogens is 328 g/mol. The largest absolute Gasteiger partial charge is 0.374 e. The maximum absolute atomic E-state index is 6.68. The van der Waals surface area contributed by atoms with Crippen molar-refractivity contribution in [3.63, 3.8) is 0 Å². The average Bonchev–Trinajstić information content (AvgIpc) is 2.62. The van der Waals surface area contributed by atoms with Crippen molar-refractivity contribution in [2.75, 3.05) is 0 Å². The molecule has 0 aromatic heterocycles. The summed E-state index contributed by atoms with van der Waals surface area (Å²) >= 11 is 0. The first-order valence-corrected chi connectivity index (χ1v) is 10.7. The number of rotatable bonds is 10. The van der Waals surface area contributed by atoms with E-state index in [1.807, 2.05) is 0 Å². The SMILES string of the molecule is CCCC(Cc1ccc(C)c(C)c1)OC(CCC)Cc1ccc(C)c(C)c1. The minimum atomic E-state index is 0.306. The van der Waals surface area contributed by atoms with E-state index in [9.17, 15) is 0 Å². The molecule has 2 unspecified atom stereocenters. The van der Waals surface area contributed by atoms with Gasteiger partial charge in [0.1, 0.15) is 0 Å². The normalized spacial score (nSPS) is 13.6. The zero-order valence-electron chi connectivity index (χ0n) is 18.3. The molecule has 0 amide bonds. The third kappa shape index (κ3) is 6.81. The van der Waals surface area contributed by atoms with E-state index in [0.717, 1.165) is 38.5 Å². The Morgan fingerprint density at radius 1 is 0.630 bits per heavy atom. The Hall–Kier alpha value is -1.60. The second-order valence-corrected chi connectivity index (χ2v) is 8.20. The Balaban J connectivity index is 2.08. The highest BCUT2D eigenvalue weighted by Crippen LogP contribution is 2.21. The Morgan fingerprint density at radius 3 is 1.37 bits per heavy atom. The quantitative estimate of drug-likeness (QED) is 0.437. The highest BCUT2D eigenvalue weighted by atomic mass is 16.5. The van der Waals surface area contributed by atoms with Crippen LogP contribution in [0.3, 0.4) is 0 Å². The van der Waals surface area contributed by atoms with E-state index in [4.69, 9.17) is 4.74 Å². The van der Waals surface area contributed by atoms with Crippen LogP contribution in [0.15, 0.2) is 36.4 Å². The van der Waals surface area contributed by atoms with Gasteiger partial charge in [-0.3, -0.25) is 0 Å². The van der Waals surface area contributed by atoms with Crippen LogP contribution in [0.5, 0.6) is 0 Å². The molecule has 0 saturated heterocycles. The summed E-state index contributed by atoms with van der Waals surface area (Å²) in [6.45, 7) is 13.3. The van der Waals surface area contributed by atoms with Crippen LogP contribution in [0.25, 0.3) is 0 Å². The summed E-state index contributed by atoms with van der Waals surface area (Å²) in [7, 11) is 0. The van der Waals surface area contributed by atoms with Crippen molar-refractivity contribution in [2.24, 2.45) is 0 Å². The summed E-state index contributed by atoms with van der Waals surface area (Å²) in [5.74, 6) is 0. The molecule has 2 atom stereocenters. The summed E-state index contributed by atoms with van der Waals surface area (Å²) in [5.41, 5.74) is 8.29. The Bertz CT molecular complexity index is 655. The van der Waals surface area contributed by atoms with Crippen molar-refractivity contribution in [1.82, 2.24) is 0 Å². The molecule has 0 bridgehead atoms. The number of aryl methyl sites for hydroxylation is 4. The molecule has 0 radical (unpaired) electrons. The lowest BCUT2D eigenvalue weighted by molar-refractivity contribution is -0.0200. The second-order valence-electron chi connectivity index (χ2n) is 8.20. The van der Waals surface area contributed by atoms with Gasteiger partial charge < -0.3 is 4.74 Å². The van der Waals surface area contributed by atoms with Gasteiger partial charge in [-0.25, -0.2) is 0 Å². The molecule has 1 nitrogen and oxygen atoms in total. The van der Waals surface area contributed by atoms with Gasteiger partial charge in [-0.1, -0.05) is 63.1 Å². The van der Waals surface area contributed by atoms with Crippen LogP contribution in [0.4, 0.5) is 0 Å². The van der Waals surface area contributed by atoms with E-state index in [0.29, 0.717) is 12.2 Å². The first kappa shape index (κ1) is 21.7. The van der Waals surface area contributed by atoms with Crippen molar-refractivity contribution in [3.8, 4) is 0 Å². The summed E-state index contributed by atoms with van der Waals surface area (Å²) in [6, 6.07) is 13.7. The van der Waals surface area contributed by atoms with E-state index in [1.54, 1.807) is 0 Å². The highest BCUT2D eigenvalue weighted by molar-refractivity contribution is 5.31. The van der Waals surface area contributed by atoms with Gasteiger partial charge in [-0.05, 0) is 86.8 Å². The van der Waals surface area contributed by atoms with E-state index in [1.165, 1.54) is 33.4 Å². The second kappa shape index (κ2) is 10.7. The van der Waals surface area contributed by atoms with Crippen LogP contribution < -0.4 is 0 Å². The fourth-order valence-corrected chi connectivity index (χ4v) is 3.74. The molecule has 2 aromatic rings. The third-order valence-corrected chi connectivity index (χ3v) is 5.68. The number of hydrogen-bond donors (Lipinski definition) is 0. The molecule has 0 N–H and O–H groups in total. The van der Waals surface area contributed by atoms with Crippen molar-refractivity contribution in [3.05, 3.63) is 69.8 Å². The Labute approximate surface area is 167 Å². The van der Waals surface area contributed by atoms with Gasteiger partial charge in [0, 0.05) is 0 Å². The van der Waals surface area contributed by atoms with Crippen LogP contribution in [-0.2, 0) is 17.6 Å². The zero-order valence-corrected chi connectivity index (χ0v) is 18.3. The molecule has 0 aliphatic rings. The minimum absolute atomic E-state index is 0.306. The monoisotopic (exact) mass is 366 g/mol. The van der Waals surface area contributed by atoms with E-state index in [2.05, 4.69) is 77.9 Å². The molecule has 148 valence electrons. The number of hydrogen-bond acceptors (Lipinski definition) is 1. The fourth-order valence-electron chi connectivity index (χ4n) is 3.74. The topological polar surface area (TPSA) is 9.23 Å². The lowest BCUT2D eigenvalue weighted by atomic mass is 9.98. The molecule has 1 heteroatoms. The van der Waals surface area contributed by atoms with E-state index >= 15 is 0 Å². The first-order chi connectivity index (χ1) is 12.9. The Morgan fingerprint density at radius 2 is 1.04 bits per heavy atom. The Kier molecular flexibility index (Phi) is 8.57. The van der Waals surface area contributed by atoms with Crippen molar-refractivity contribution in [1.29, 1.82) is 0 Å². The summed E-state index contributed by atoms with van der Waals surface area (Å²) in [5, 5.41) is 0. The molecule has 0 aliphatic heterocycles. The molecule has 0 spiro atoms. The molecular formula is C26H38O. The van der Waals surface area contributed by atoms with Crippen LogP contribution in [0.1, 0.15) is 72.9 Å². The molecule has 2 rings (SSSR count). The minimum Gasteiger partial charge on any atom is -0.374 e. The van der Waals surface area contributed by atoms with Gasteiger partial charge in [-0.15, -0.1) is 0 Å². The third-order valence-electron chi connectivity index (χ3n) is 5.68. The molecule has 0 heterocycles. The van der Waals surface area contributed by atoms with Gasteiger partial charge in [0.25, 0.3) is 0 Å². The van der Waals surface area contributed by atoms with Crippen LogP contribution in [0.2, 0.25) is 0 Å². The van der Waals surface area contributed by atoms with Crippen molar-refractivity contribution < 1.29 is 4.74 Å². The van der Waals surface area contributed by atoms with Gasteiger partial charge in [0.15, 0.2) is 0 Å². The van der Waals surface area contributed by atoms with Gasteiger partial charge >= 0.3 is 0 Å². The summed E-state index contributed by atoms with van der Waals surface area (Å²) in [6.07, 6.45) is 7.22. The fraction of sp³-hybridized carbons (Fsp3) is 0.538. The van der Waals surface area contributed by atoms with Crippen LogP contribution in [-0.4, -0.2) is 12.2 Å². The standard InChI is InChI=1S/C26H38O/c1-7-9-25(17-23-13-11-19(3)21(5)15-23)27-26(10-8-2)18-24-14-12-20(4)22(6)16-24/h11-16,25-26H,7-10,17-18H2,1-6H3. The summed E-state index contributed by atoms with van der Waals surface area (Å²) in [4.78, 5) is 0. The van der Waals surface area contributed by atoms with Gasteiger partial charge in [0.05, 0.1) is 12.2 Å². The van der Waals surface area contributed by atoms with Crippen LogP contribution >= 0.6 is 0 Å². The van der Waals surface area contributed by atoms with E-state index in [-0.39, 0.29) is 0 Å². The predicted octanol–water partition coefficient (Wildman–Crippen LogP) is 7.06. The molecule has 0 aliphatic carbocycles. The smallest absolute Gasteiger partial charge is 0.0619 e. The predicted molar refractivity (Wildman–Crippen MR) is 118 cm³/mol. The lowest BCUT2D eigenvalue weighted by Crippen LogP contribution is -2.26. The highest BCUT2D eigenvalue weighted by Gasteiger charge is 2.17. The van der Waals surface area contributed by atoms with E-state index < -0.39 is 0 Å². The number of benzene rings is 2. The lowest BCUT2D eigenvalue weighted by Gasteiger charge is -2.25. The molecule has 2 aromatic carbocycles. The van der Waals surface area contributed by atoms with Gasteiger partial charge in [-0.2, -0.15) is 0 Å². The average molecular weight is 367 g/mol. The van der Waals surface area contributed by atoms with Gasteiger partial charge in [0.2, 0.25) is 0 Å². The summed E-state index contributed by atoms with van der Waals surface area (Å²) < 4.78 is 6.68. The maximum atomic E-state index is 6.68. The van der Waals surface area contributed by atoms with Crippen molar-refractivity contribution >= 4 is 0 Å². The zero-order chi connectivity index (χ0) is 19.8. The first-order valence-electron chi connectivity index (χ1n) is 10.7.